The largest absolute Gasteiger partial charge is 0.513 e. The molecule has 0 radical (unpaired) electrons. The van der Waals surface area contributed by atoms with Crippen molar-refractivity contribution in [2.45, 2.75) is 19.8 Å². The Kier molecular flexibility index (Phi) is 4.35. The van der Waals surface area contributed by atoms with E-state index >= 15 is 0 Å². The Balaban J connectivity index is 2.15. The Labute approximate surface area is 113 Å². The van der Waals surface area contributed by atoms with Crippen LogP contribution in [-0.4, -0.2) is 5.11 Å². The van der Waals surface area contributed by atoms with E-state index < -0.39 is 0 Å². The average Bonchev–Trinajstić information content (AvgIpc) is 2.40. The molecule has 0 bridgehead atoms. The highest BCUT2D eigenvalue weighted by molar-refractivity contribution is 5.31. The summed E-state index contributed by atoms with van der Waals surface area (Å²) in [6, 6.07) is 14.8. The smallest absolute Gasteiger partial charge is 0.126 e. The van der Waals surface area contributed by atoms with Crippen molar-refractivity contribution in [3.63, 3.8) is 0 Å². The second kappa shape index (κ2) is 6.19. The van der Waals surface area contributed by atoms with Crippen molar-refractivity contribution >= 4 is 0 Å². The molecule has 0 unspecified atom stereocenters. The maximum absolute atomic E-state index is 13.6. The highest BCUT2D eigenvalue weighted by Gasteiger charge is 2.02. The number of aliphatic hydroxyl groups is 1. The molecule has 0 heterocycles. The van der Waals surface area contributed by atoms with Gasteiger partial charge in [0.05, 0.1) is 5.76 Å². The van der Waals surface area contributed by atoms with Gasteiger partial charge < -0.3 is 5.11 Å². The first-order valence-corrected chi connectivity index (χ1v) is 6.32. The molecule has 2 aromatic carbocycles. The van der Waals surface area contributed by atoms with Gasteiger partial charge in [-0.2, -0.15) is 0 Å². The number of benzene rings is 2. The highest BCUT2D eigenvalue weighted by Crippen LogP contribution is 2.15. The lowest BCUT2D eigenvalue weighted by atomic mass is 10.0. The van der Waals surface area contributed by atoms with E-state index in [9.17, 15) is 4.39 Å². The fraction of sp³-hybridized carbons (Fsp3) is 0.176. The summed E-state index contributed by atoms with van der Waals surface area (Å²) in [6.07, 6.45) is 3.04. The van der Waals surface area contributed by atoms with Gasteiger partial charge in [-0.05, 0) is 42.2 Å². The van der Waals surface area contributed by atoms with E-state index in [0.717, 1.165) is 11.1 Å². The molecule has 0 atom stereocenters. The highest BCUT2D eigenvalue weighted by atomic mass is 19.1. The maximum atomic E-state index is 13.6. The third kappa shape index (κ3) is 3.95. The van der Waals surface area contributed by atoms with Gasteiger partial charge in [-0.15, -0.1) is 0 Å². The van der Waals surface area contributed by atoms with E-state index in [0.29, 0.717) is 24.2 Å². The number of halogens is 1. The lowest BCUT2D eigenvalue weighted by molar-refractivity contribution is 0.412. The summed E-state index contributed by atoms with van der Waals surface area (Å²) in [5.74, 6) is 0.151. The molecular weight excluding hydrogens is 239 g/mol. The first-order valence-electron chi connectivity index (χ1n) is 6.32. The van der Waals surface area contributed by atoms with E-state index in [2.05, 4.69) is 0 Å². The average molecular weight is 256 g/mol. The van der Waals surface area contributed by atoms with Crippen molar-refractivity contribution < 1.29 is 9.50 Å². The van der Waals surface area contributed by atoms with E-state index in [1.54, 1.807) is 25.1 Å². The van der Waals surface area contributed by atoms with Gasteiger partial charge in [-0.1, -0.05) is 42.5 Å². The summed E-state index contributed by atoms with van der Waals surface area (Å²) in [5.41, 5.74) is 2.89. The Hall–Kier alpha value is -2.09. The van der Waals surface area contributed by atoms with Crippen LogP contribution in [0.4, 0.5) is 4.39 Å². The minimum atomic E-state index is -0.168. The molecule has 0 aliphatic heterocycles. The fourth-order valence-electron chi connectivity index (χ4n) is 1.99. The minimum Gasteiger partial charge on any atom is -0.513 e. The molecule has 1 nitrogen and oxygen atoms in total. The van der Waals surface area contributed by atoms with E-state index in [1.165, 1.54) is 6.07 Å². The summed E-state index contributed by atoms with van der Waals surface area (Å²) >= 11 is 0. The molecule has 0 aliphatic carbocycles. The Bertz CT molecular complexity index is 583. The van der Waals surface area contributed by atoms with Crippen LogP contribution in [0.2, 0.25) is 0 Å². The number of allylic oxidation sites excluding steroid dienone is 2. The van der Waals surface area contributed by atoms with Gasteiger partial charge in [0.1, 0.15) is 5.82 Å². The summed E-state index contributed by atoms with van der Waals surface area (Å²) in [6.45, 7) is 1.66. The summed E-state index contributed by atoms with van der Waals surface area (Å²) in [4.78, 5) is 0. The number of hydrogen-bond donors (Lipinski definition) is 1. The monoisotopic (exact) mass is 256 g/mol. The quantitative estimate of drug-likeness (QED) is 0.803. The molecule has 98 valence electrons. The van der Waals surface area contributed by atoms with Crippen LogP contribution in [-0.2, 0) is 12.8 Å². The molecule has 0 amide bonds. The van der Waals surface area contributed by atoms with E-state index in [1.807, 2.05) is 30.3 Å². The molecule has 2 heteroatoms. The fourth-order valence-corrected chi connectivity index (χ4v) is 1.99. The van der Waals surface area contributed by atoms with Gasteiger partial charge in [0, 0.05) is 6.42 Å². The summed E-state index contributed by atoms with van der Waals surface area (Å²) in [5, 5.41) is 9.17. The van der Waals surface area contributed by atoms with Crippen LogP contribution in [0.3, 0.4) is 0 Å². The predicted molar refractivity (Wildman–Crippen MR) is 75.7 cm³/mol. The second-order valence-electron chi connectivity index (χ2n) is 4.64. The van der Waals surface area contributed by atoms with Gasteiger partial charge in [-0.3, -0.25) is 0 Å². The topological polar surface area (TPSA) is 20.2 Å². The number of hydrogen-bond acceptors (Lipinski definition) is 1. The van der Waals surface area contributed by atoms with Gasteiger partial charge in [0.15, 0.2) is 0 Å². The lowest BCUT2D eigenvalue weighted by Crippen LogP contribution is -1.93. The number of aliphatic hydroxyl groups excluding tert-OH is 1. The van der Waals surface area contributed by atoms with Crippen molar-refractivity contribution in [1.29, 1.82) is 0 Å². The predicted octanol–water partition coefficient (Wildman–Crippen LogP) is 4.42. The molecule has 1 N–H and O–H groups in total. The third-order valence-corrected chi connectivity index (χ3v) is 2.98. The van der Waals surface area contributed by atoms with Crippen molar-refractivity contribution in [2.75, 3.05) is 0 Å². The molecule has 0 spiro atoms. The second-order valence-corrected chi connectivity index (χ2v) is 4.64. The normalized spacial score (nSPS) is 11.6. The molecule has 0 saturated heterocycles. The first kappa shape index (κ1) is 13.3. The molecule has 19 heavy (non-hydrogen) atoms. The van der Waals surface area contributed by atoms with Crippen molar-refractivity contribution in [2.24, 2.45) is 0 Å². The SMILES string of the molecule is CC(O)=CCc1cccc(Cc2ccccc2F)c1. The molecular formula is C17H17FO. The van der Waals surface area contributed by atoms with Crippen LogP contribution in [0.25, 0.3) is 0 Å². The van der Waals surface area contributed by atoms with Crippen molar-refractivity contribution in [3.8, 4) is 0 Å². The van der Waals surface area contributed by atoms with Crippen LogP contribution in [0, 0.1) is 5.82 Å². The zero-order valence-electron chi connectivity index (χ0n) is 10.9. The third-order valence-electron chi connectivity index (χ3n) is 2.98. The van der Waals surface area contributed by atoms with Crippen LogP contribution in [0.5, 0.6) is 0 Å². The molecule has 0 aromatic heterocycles. The summed E-state index contributed by atoms with van der Waals surface area (Å²) in [7, 11) is 0. The lowest BCUT2D eigenvalue weighted by Gasteiger charge is -2.05. The van der Waals surface area contributed by atoms with Crippen LogP contribution >= 0.6 is 0 Å². The maximum Gasteiger partial charge on any atom is 0.126 e. The molecule has 2 rings (SSSR count). The van der Waals surface area contributed by atoms with E-state index in [-0.39, 0.29) is 5.82 Å². The molecule has 0 aliphatic rings. The van der Waals surface area contributed by atoms with Gasteiger partial charge >= 0.3 is 0 Å². The molecule has 2 aromatic rings. The standard InChI is InChI=1S/C17H17FO/c1-13(19)9-10-14-5-4-6-15(11-14)12-16-7-2-3-8-17(16)18/h2-9,11,19H,10,12H2,1H3. The summed E-state index contributed by atoms with van der Waals surface area (Å²) < 4.78 is 13.6. The zero-order valence-corrected chi connectivity index (χ0v) is 10.9. The Morgan fingerprint density at radius 1 is 1.11 bits per heavy atom. The molecule has 0 saturated carbocycles. The van der Waals surface area contributed by atoms with Crippen LogP contribution in [0.15, 0.2) is 60.4 Å². The van der Waals surface area contributed by atoms with Crippen molar-refractivity contribution in [1.82, 2.24) is 0 Å². The minimum absolute atomic E-state index is 0.168. The number of rotatable bonds is 4. The van der Waals surface area contributed by atoms with Crippen molar-refractivity contribution in [3.05, 3.63) is 82.9 Å². The Morgan fingerprint density at radius 3 is 2.58 bits per heavy atom. The van der Waals surface area contributed by atoms with Crippen LogP contribution in [0.1, 0.15) is 23.6 Å². The van der Waals surface area contributed by atoms with Gasteiger partial charge in [0.25, 0.3) is 0 Å². The van der Waals surface area contributed by atoms with Gasteiger partial charge in [-0.25, -0.2) is 4.39 Å². The molecule has 0 fully saturated rings. The van der Waals surface area contributed by atoms with E-state index in [4.69, 9.17) is 5.11 Å². The first-order chi connectivity index (χ1) is 9.15. The van der Waals surface area contributed by atoms with Crippen LogP contribution < -0.4 is 0 Å². The Morgan fingerprint density at radius 2 is 1.84 bits per heavy atom. The zero-order chi connectivity index (χ0) is 13.7. The van der Waals surface area contributed by atoms with Gasteiger partial charge in [0.2, 0.25) is 0 Å².